The molecular formula is C15H11BrCl2O2. The molecule has 0 spiro atoms. The number of carboxylic acids is 1. The Morgan fingerprint density at radius 2 is 1.75 bits per heavy atom. The van der Waals surface area contributed by atoms with Crippen molar-refractivity contribution in [3.63, 3.8) is 0 Å². The maximum Gasteiger partial charge on any atom is 0.311 e. The molecule has 0 aliphatic heterocycles. The minimum Gasteiger partial charge on any atom is -0.481 e. The number of aliphatic carboxylic acids is 1. The molecule has 0 aliphatic carbocycles. The molecule has 2 rings (SSSR count). The summed E-state index contributed by atoms with van der Waals surface area (Å²) in [5.41, 5.74) is 1.37. The van der Waals surface area contributed by atoms with Crippen LogP contribution >= 0.6 is 39.1 Å². The van der Waals surface area contributed by atoms with Crippen LogP contribution in [0.2, 0.25) is 10.0 Å². The van der Waals surface area contributed by atoms with E-state index in [1.54, 1.807) is 30.3 Å². The van der Waals surface area contributed by atoms with Gasteiger partial charge in [0.05, 0.1) is 5.92 Å². The van der Waals surface area contributed by atoms with Gasteiger partial charge in [-0.2, -0.15) is 0 Å². The zero-order chi connectivity index (χ0) is 14.7. The summed E-state index contributed by atoms with van der Waals surface area (Å²) in [7, 11) is 0. The van der Waals surface area contributed by atoms with Gasteiger partial charge in [-0.25, -0.2) is 0 Å². The zero-order valence-electron chi connectivity index (χ0n) is 10.3. The molecule has 1 unspecified atom stereocenters. The molecule has 0 amide bonds. The fourth-order valence-corrected chi connectivity index (χ4v) is 2.97. The monoisotopic (exact) mass is 372 g/mol. The SMILES string of the molecule is O=C(O)C(Cc1c(Cl)cccc1Cl)c1cccc(Br)c1. The molecular weight excluding hydrogens is 363 g/mol. The molecule has 1 atom stereocenters. The lowest BCUT2D eigenvalue weighted by Gasteiger charge is -2.15. The minimum atomic E-state index is -0.904. The summed E-state index contributed by atoms with van der Waals surface area (Å²) in [5.74, 6) is -1.59. The molecule has 5 heteroatoms. The molecule has 2 aromatic carbocycles. The number of benzene rings is 2. The standard InChI is InChI=1S/C15H11BrCl2O2/c16-10-4-1-3-9(7-10)11(15(19)20)8-12-13(17)5-2-6-14(12)18/h1-7,11H,8H2,(H,19,20). The smallest absolute Gasteiger partial charge is 0.311 e. The van der Waals surface area contributed by atoms with Crippen molar-refractivity contribution in [2.24, 2.45) is 0 Å². The van der Waals surface area contributed by atoms with Crippen molar-refractivity contribution in [1.82, 2.24) is 0 Å². The quantitative estimate of drug-likeness (QED) is 0.802. The Labute approximate surface area is 135 Å². The van der Waals surface area contributed by atoms with Gasteiger partial charge in [-0.05, 0) is 41.8 Å². The third-order valence-electron chi connectivity index (χ3n) is 3.02. The van der Waals surface area contributed by atoms with Crippen molar-refractivity contribution in [1.29, 1.82) is 0 Å². The van der Waals surface area contributed by atoms with Gasteiger partial charge in [0.15, 0.2) is 0 Å². The van der Waals surface area contributed by atoms with Crippen LogP contribution < -0.4 is 0 Å². The second-order valence-corrected chi connectivity index (χ2v) is 6.08. The Balaban J connectivity index is 2.38. The highest BCUT2D eigenvalue weighted by atomic mass is 79.9. The molecule has 0 aromatic heterocycles. The summed E-state index contributed by atoms with van der Waals surface area (Å²) in [6.07, 6.45) is 0.254. The van der Waals surface area contributed by atoms with Crippen LogP contribution in [0, 0.1) is 0 Å². The normalized spacial score (nSPS) is 12.2. The summed E-state index contributed by atoms with van der Waals surface area (Å²) in [5, 5.41) is 10.4. The van der Waals surface area contributed by atoms with Crippen LogP contribution in [0.25, 0.3) is 0 Å². The van der Waals surface area contributed by atoms with Crippen molar-refractivity contribution in [3.05, 3.63) is 68.1 Å². The number of hydrogen-bond acceptors (Lipinski definition) is 1. The zero-order valence-corrected chi connectivity index (χ0v) is 13.4. The van der Waals surface area contributed by atoms with Crippen LogP contribution in [0.1, 0.15) is 17.0 Å². The highest BCUT2D eigenvalue weighted by Crippen LogP contribution is 2.31. The highest BCUT2D eigenvalue weighted by Gasteiger charge is 2.22. The van der Waals surface area contributed by atoms with Crippen molar-refractivity contribution < 1.29 is 9.90 Å². The van der Waals surface area contributed by atoms with E-state index in [-0.39, 0.29) is 6.42 Å². The molecule has 1 N–H and O–H groups in total. The molecule has 0 fully saturated rings. The first kappa shape index (κ1) is 15.4. The predicted molar refractivity (Wildman–Crippen MR) is 84.7 cm³/mol. The molecule has 104 valence electrons. The van der Waals surface area contributed by atoms with Gasteiger partial charge in [0.1, 0.15) is 0 Å². The van der Waals surface area contributed by atoms with Crippen LogP contribution in [-0.4, -0.2) is 11.1 Å². The van der Waals surface area contributed by atoms with Gasteiger partial charge in [0.25, 0.3) is 0 Å². The van der Waals surface area contributed by atoms with E-state index >= 15 is 0 Å². The van der Waals surface area contributed by atoms with Gasteiger partial charge >= 0.3 is 5.97 Å². The van der Waals surface area contributed by atoms with Gasteiger partial charge in [-0.15, -0.1) is 0 Å². The van der Waals surface area contributed by atoms with E-state index in [1.165, 1.54) is 0 Å². The third-order valence-corrected chi connectivity index (χ3v) is 4.22. The molecule has 0 saturated carbocycles. The maximum atomic E-state index is 11.5. The highest BCUT2D eigenvalue weighted by molar-refractivity contribution is 9.10. The van der Waals surface area contributed by atoms with Crippen LogP contribution in [0.15, 0.2) is 46.9 Å². The van der Waals surface area contributed by atoms with Gasteiger partial charge < -0.3 is 5.11 Å². The maximum absolute atomic E-state index is 11.5. The molecule has 0 aliphatic rings. The first-order valence-corrected chi connectivity index (χ1v) is 7.45. The fraction of sp³-hybridized carbons (Fsp3) is 0.133. The molecule has 0 bridgehead atoms. The van der Waals surface area contributed by atoms with E-state index in [2.05, 4.69) is 15.9 Å². The first-order valence-electron chi connectivity index (χ1n) is 5.90. The molecule has 0 heterocycles. The van der Waals surface area contributed by atoms with E-state index in [0.29, 0.717) is 21.2 Å². The Kier molecular flexibility index (Phi) is 5.08. The molecule has 0 saturated heterocycles. The topological polar surface area (TPSA) is 37.3 Å². The van der Waals surface area contributed by atoms with Gasteiger partial charge in [0, 0.05) is 14.5 Å². The number of carboxylic acid groups (broad SMARTS) is 1. The lowest BCUT2D eigenvalue weighted by atomic mass is 9.92. The molecule has 20 heavy (non-hydrogen) atoms. The summed E-state index contributed by atoms with van der Waals surface area (Å²) < 4.78 is 0.839. The summed E-state index contributed by atoms with van der Waals surface area (Å²) in [4.78, 5) is 11.5. The van der Waals surface area contributed by atoms with Crippen LogP contribution in [0.5, 0.6) is 0 Å². The van der Waals surface area contributed by atoms with Crippen molar-refractivity contribution in [2.75, 3.05) is 0 Å². The Morgan fingerprint density at radius 3 is 2.30 bits per heavy atom. The first-order chi connectivity index (χ1) is 9.49. The van der Waals surface area contributed by atoms with Gasteiger partial charge in [0.2, 0.25) is 0 Å². The minimum absolute atomic E-state index is 0.254. The van der Waals surface area contributed by atoms with E-state index in [1.807, 2.05) is 12.1 Å². The van der Waals surface area contributed by atoms with Gasteiger partial charge in [-0.3, -0.25) is 4.79 Å². The predicted octanol–water partition coefficient (Wildman–Crippen LogP) is 5.17. The third kappa shape index (κ3) is 3.54. The van der Waals surface area contributed by atoms with Crippen LogP contribution in [0.3, 0.4) is 0 Å². The number of halogens is 3. The van der Waals surface area contributed by atoms with Crippen LogP contribution in [0.4, 0.5) is 0 Å². The lowest BCUT2D eigenvalue weighted by molar-refractivity contribution is -0.138. The largest absolute Gasteiger partial charge is 0.481 e. The van der Waals surface area contributed by atoms with Crippen molar-refractivity contribution in [2.45, 2.75) is 12.3 Å². The second kappa shape index (κ2) is 6.61. The Bertz CT molecular complexity index is 623. The van der Waals surface area contributed by atoms with E-state index in [4.69, 9.17) is 23.2 Å². The number of hydrogen-bond donors (Lipinski definition) is 1. The van der Waals surface area contributed by atoms with Crippen LogP contribution in [-0.2, 0) is 11.2 Å². The second-order valence-electron chi connectivity index (χ2n) is 4.35. The van der Waals surface area contributed by atoms with Crippen molar-refractivity contribution in [3.8, 4) is 0 Å². The molecule has 2 nitrogen and oxygen atoms in total. The van der Waals surface area contributed by atoms with E-state index in [9.17, 15) is 9.90 Å². The summed E-state index contributed by atoms with van der Waals surface area (Å²) in [6.45, 7) is 0. The Morgan fingerprint density at radius 1 is 1.15 bits per heavy atom. The van der Waals surface area contributed by atoms with E-state index in [0.717, 1.165) is 4.47 Å². The summed E-state index contributed by atoms with van der Waals surface area (Å²) >= 11 is 15.6. The number of carbonyl (C=O) groups is 1. The lowest BCUT2D eigenvalue weighted by Crippen LogP contribution is -2.15. The molecule has 0 radical (unpaired) electrons. The average molecular weight is 374 g/mol. The van der Waals surface area contributed by atoms with Gasteiger partial charge in [-0.1, -0.05) is 57.3 Å². The Hall–Kier alpha value is -1.03. The summed E-state index contributed by atoms with van der Waals surface area (Å²) in [6, 6.07) is 12.4. The molecule has 2 aromatic rings. The average Bonchev–Trinajstić information content (AvgIpc) is 2.38. The number of rotatable bonds is 4. The fourth-order valence-electron chi connectivity index (χ4n) is 2.00. The van der Waals surface area contributed by atoms with E-state index < -0.39 is 11.9 Å². The van der Waals surface area contributed by atoms with Crippen molar-refractivity contribution >= 4 is 45.1 Å².